The summed E-state index contributed by atoms with van der Waals surface area (Å²) in [5.74, 6) is 0.918. The van der Waals surface area contributed by atoms with Gasteiger partial charge in [-0.3, -0.25) is 0 Å². The zero-order valence-electron chi connectivity index (χ0n) is 12.4. The Balaban J connectivity index is 2.56. The second-order valence-electron chi connectivity index (χ2n) is 4.86. The van der Waals surface area contributed by atoms with Crippen LogP contribution >= 0.6 is 0 Å². The molecule has 2 rings (SSSR count). The Morgan fingerprint density at radius 3 is 2.67 bits per heavy atom. The van der Waals surface area contributed by atoms with Crippen LogP contribution in [-0.4, -0.2) is 16.5 Å². The quantitative estimate of drug-likeness (QED) is 0.932. The van der Waals surface area contributed by atoms with Gasteiger partial charge in [-0.1, -0.05) is 6.92 Å². The molecule has 0 aliphatic carbocycles. The highest BCUT2D eigenvalue weighted by molar-refractivity contribution is 5.69. The van der Waals surface area contributed by atoms with Gasteiger partial charge in [0, 0.05) is 17.7 Å². The van der Waals surface area contributed by atoms with Gasteiger partial charge in [0.25, 0.3) is 0 Å². The third kappa shape index (κ3) is 3.34. The van der Waals surface area contributed by atoms with E-state index in [9.17, 15) is 4.39 Å². The van der Waals surface area contributed by atoms with E-state index in [0.717, 1.165) is 24.3 Å². The number of benzene rings is 1. The van der Waals surface area contributed by atoms with Gasteiger partial charge >= 0.3 is 0 Å². The van der Waals surface area contributed by atoms with Crippen LogP contribution in [-0.2, 0) is 0 Å². The largest absolute Gasteiger partial charge is 0.370 e. The fourth-order valence-corrected chi connectivity index (χ4v) is 2.12. The first kappa shape index (κ1) is 14.9. The molecule has 4 nitrogen and oxygen atoms in total. The molecule has 108 valence electrons. The van der Waals surface area contributed by atoms with Crippen molar-refractivity contribution in [2.45, 2.75) is 27.2 Å². The minimum Gasteiger partial charge on any atom is -0.370 e. The van der Waals surface area contributed by atoms with Crippen LogP contribution in [0.5, 0.6) is 0 Å². The SMILES string of the molecule is CCCNc1nc(C)nc(-c2cc(F)cc(C#N)c2)c1C. The molecule has 0 unspecified atom stereocenters. The molecule has 0 atom stereocenters. The van der Waals surface area contributed by atoms with E-state index in [-0.39, 0.29) is 5.56 Å². The molecule has 0 aliphatic rings. The molecule has 0 fully saturated rings. The van der Waals surface area contributed by atoms with E-state index in [1.807, 2.05) is 13.0 Å². The van der Waals surface area contributed by atoms with Crippen molar-refractivity contribution in [3.8, 4) is 17.3 Å². The van der Waals surface area contributed by atoms with E-state index in [4.69, 9.17) is 5.26 Å². The maximum atomic E-state index is 13.6. The number of rotatable bonds is 4. The number of hydrogen-bond acceptors (Lipinski definition) is 4. The van der Waals surface area contributed by atoms with E-state index in [2.05, 4.69) is 22.2 Å². The number of nitrogens with zero attached hydrogens (tertiary/aromatic N) is 3. The number of aromatic nitrogens is 2. The Morgan fingerprint density at radius 1 is 1.24 bits per heavy atom. The Hall–Kier alpha value is -2.48. The molecular weight excluding hydrogens is 267 g/mol. The smallest absolute Gasteiger partial charge is 0.133 e. The molecule has 1 aromatic heterocycles. The lowest BCUT2D eigenvalue weighted by Gasteiger charge is -2.13. The molecule has 0 radical (unpaired) electrons. The maximum absolute atomic E-state index is 13.6. The molecule has 0 spiro atoms. The van der Waals surface area contributed by atoms with Crippen molar-refractivity contribution >= 4 is 5.82 Å². The lowest BCUT2D eigenvalue weighted by molar-refractivity contribution is 0.627. The molecule has 0 saturated heterocycles. The number of anilines is 1. The van der Waals surface area contributed by atoms with Crippen LogP contribution in [0.15, 0.2) is 18.2 Å². The van der Waals surface area contributed by atoms with Crippen LogP contribution in [0.4, 0.5) is 10.2 Å². The van der Waals surface area contributed by atoms with Crippen LogP contribution in [0.2, 0.25) is 0 Å². The van der Waals surface area contributed by atoms with E-state index < -0.39 is 5.82 Å². The third-order valence-corrected chi connectivity index (χ3v) is 3.10. The van der Waals surface area contributed by atoms with Crippen molar-refractivity contribution in [3.05, 3.63) is 41.0 Å². The van der Waals surface area contributed by atoms with Crippen molar-refractivity contribution in [2.24, 2.45) is 0 Å². The molecule has 1 aromatic carbocycles. The topological polar surface area (TPSA) is 61.6 Å². The summed E-state index contributed by atoms with van der Waals surface area (Å²) in [6, 6.07) is 6.20. The van der Waals surface area contributed by atoms with Crippen molar-refractivity contribution in [1.82, 2.24) is 9.97 Å². The maximum Gasteiger partial charge on any atom is 0.133 e. The van der Waals surface area contributed by atoms with E-state index >= 15 is 0 Å². The molecule has 5 heteroatoms. The first-order valence-electron chi connectivity index (χ1n) is 6.85. The summed E-state index contributed by atoms with van der Waals surface area (Å²) >= 11 is 0. The summed E-state index contributed by atoms with van der Waals surface area (Å²) in [5.41, 5.74) is 2.37. The van der Waals surface area contributed by atoms with Crippen LogP contribution < -0.4 is 5.32 Å². The number of nitriles is 1. The zero-order chi connectivity index (χ0) is 15.4. The molecule has 21 heavy (non-hydrogen) atoms. The summed E-state index contributed by atoms with van der Waals surface area (Å²) in [7, 11) is 0. The molecule has 0 bridgehead atoms. The van der Waals surface area contributed by atoms with Crippen LogP contribution in [0.1, 0.15) is 30.3 Å². The molecule has 1 heterocycles. The Bertz CT molecular complexity index is 704. The van der Waals surface area contributed by atoms with Gasteiger partial charge in [0.1, 0.15) is 17.5 Å². The van der Waals surface area contributed by atoms with Crippen molar-refractivity contribution in [3.63, 3.8) is 0 Å². The first-order valence-corrected chi connectivity index (χ1v) is 6.85. The summed E-state index contributed by atoms with van der Waals surface area (Å²) in [6.07, 6.45) is 0.983. The molecule has 0 amide bonds. The Labute approximate surface area is 123 Å². The van der Waals surface area contributed by atoms with Crippen LogP contribution in [0.25, 0.3) is 11.3 Å². The molecule has 0 aliphatic heterocycles. The van der Waals surface area contributed by atoms with Gasteiger partial charge in [-0.15, -0.1) is 0 Å². The predicted molar refractivity (Wildman–Crippen MR) is 80.4 cm³/mol. The van der Waals surface area contributed by atoms with Gasteiger partial charge in [0.15, 0.2) is 0 Å². The lowest BCUT2D eigenvalue weighted by atomic mass is 10.0. The highest BCUT2D eigenvalue weighted by Crippen LogP contribution is 2.27. The lowest BCUT2D eigenvalue weighted by Crippen LogP contribution is -2.07. The standard InChI is InChI=1S/C16H17FN4/c1-4-5-19-16-10(2)15(20-11(3)21-16)13-6-12(9-18)7-14(17)8-13/h6-8H,4-5H2,1-3H3,(H,19,20,21). The van der Waals surface area contributed by atoms with Crippen LogP contribution in [0, 0.1) is 31.0 Å². The number of nitrogens with one attached hydrogen (secondary N) is 1. The first-order chi connectivity index (χ1) is 10.0. The Morgan fingerprint density at radius 2 is 2.00 bits per heavy atom. The number of aryl methyl sites for hydroxylation is 1. The average molecular weight is 284 g/mol. The molecule has 1 N–H and O–H groups in total. The molecule has 2 aromatic rings. The summed E-state index contributed by atoms with van der Waals surface area (Å²) in [6.45, 7) is 6.57. The summed E-state index contributed by atoms with van der Waals surface area (Å²) in [5, 5.41) is 12.2. The van der Waals surface area contributed by atoms with Crippen molar-refractivity contribution < 1.29 is 4.39 Å². The second kappa shape index (κ2) is 6.31. The summed E-state index contributed by atoms with van der Waals surface area (Å²) in [4.78, 5) is 8.78. The van der Waals surface area contributed by atoms with Crippen molar-refractivity contribution in [1.29, 1.82) is 5.26 Å². The second-order valence-corrected chi connectivity index (χ2v) is 4.86. The normalized spacial score (nSPS) is 10.2. The van der Waals surface area contributed by atoms with Gasteiger partial charge in [0.05, 0.1) is 17.3 Å². The van der Waals surface area contributed by atoms with Crippen LogP contribution in [0.3, 0.4) is 0 Å². The number of halogens is 1. The monoisotopic (exact) mass is 284 g/mol. The zero-order valence-corrected chi connectivity index (χ0v) is 12.4. The molecule has 0 saturated carbocycles. The van der Waals surface area contributed by atoms with E-state index in [0.29, 0.717) is 17.1 Å². The highest BCUT2D eigenvalue weighted by atomic mass is 19.1. The van der Waals surface area contributed by atoms with Gasteiger partial charge in [-0.25, -0.2) is 14.4 Å². The average Bonchev–Trinajstić information content (AvgIpc) is 2.47. The van der Waals surface area contributed by atoms with Gasteiger partial charge in [-0.2, -0.15) is 5.26 Å². The fourth-order valence-electron chi connectivity index (χ4n) is 2.12. The van der Waals surface area contributed by atoms with Crippen molar-refractivity contribution in [2.75, 3.05) is 11.9 Å². The Kier molecular flexibility index (Phi) is 4.49. The highest BCUT2D eigenvalue weighted by Gasteiger charge is 2.12. The molecular formula is C16H17FN4. The minimum absolute atomic E-state index is 0.281. The number of hydrogen-bond donors (Lipinski definition) is 1. The van der Waals surface area contributed by atoms with Gasteiger partial charge in [0.2, 0.25) is 0 Å². The fraction of sp³-hybridized carbons (Fsp3) is 0.312. The minimum atomic E-state index is -0.442. The third-order valence-electron chi connectivity index (χ3n) is 3.10. The summed E-state index contributed by atoms with van der Waals surface area (Å²) < 4.78 is 13.6. The van der Waals surface area contributed by atoms with E-state index in [1.165, 1.54) is 12.1 Å². The van der Waals surface area contributed by atoms with Gasteiger partial charge in [-0.05, 0) is 38.5 Å². The van der Waals surface area contributed by atoms with E-state index in [1.54, 1.807) is 13.0 Å². The van der Waals surface area contributed by atoms with Gasteiger partial charge < -0.3 is 5.32 Å². The predicted octanol–water partition coefficient (Wildman–Crippen LogP) is 3.59.